The Hall–Kier alpha value is -1.17. The van der Waals surface area contributed by atoms with Crippen molar-refractivity contribution in [1.29, 1.82) is 0 Å². The molecule has 0 aliphatic heterocycles. The molecule has 0 heterocycles. The van der Waals surface area contributed by atoms with Crippen molar-refractivity contribution in [3.63, 3.8) is 0 Å². The summed E-state index contributed by atoms with van der Waals surface area (Å²) in [6.07, 6.45) is 1.93. The highest BCUT2D eigenvalue weighted by atomic mass is 35.5. The molecule has 0 bridgehead atoms. The monoisotopic (exact) mass is 327 g/mol. The van der Waals surface area contributed by atoms with E-state index in [9.17, 15) is 8.42 Å². The van der Waals surface area contributed by atoms with Crippen LogP contribution in [0.2, 0.25) is 5.02 Å². The molecule has 6 heteroatoms. The first kappa shape index (κ1) is 15.2. The summed E-state index contributed by atoms with van der Waals surface area (Å²) in [7, 11) is -3.68. The average molecular weight is 328 g/mol. The molecule has 0 aromatic heterocycles. The second-order valence-electron chi connectivity index (χ2n) is 4.27. The molecule has 0 fully saturated rings. The van der Waals surface area contributed by atoms with Crippen LogP contribution in [0, 0.1) is 6.92 Å². The molecular formula is C14H14ClNO2S2. The van der Waals surface area contributed by atoms with Crippen molar-refractivity contribution in [2.75, 3.05) is 11.0 Å². The number of rotatable bonds is 4. The number of anilines is 1. The summed E-state index contributed by atoms with van der Waals surface area (Å²) in [4.78, 5) is 1.07. The summed E-state index contributed by atoms with van der Waals surface area (Å²) in [5, 5.41) is 0.221. The second kappa shape index (κ2) is 6.08. The molecule has 0 spiro atoms. The van der Waals surface area contributed by atoms with Gasteiger partial charge in [-0.15, -0.1) is 11.8 Å². The molecule has 0 radical (unpaired) electrons. The Balaban J connectivity index is 2.35. The van der Waals surface area contributed by atoms with Gasteiger partial charge in [-0.25, -0.2) is 8.42 Å². The third kappa shape index (κ3) is 3.48. The molecule has 2 aromatic carbocycles. The lowest BCUT2D eigenvalue weighted by Crippen LogP contribution is -2.13. The van der Waals surface area contributed by atoms with Gasteiger partial charge in [0.05, 0.1) is 5.02 Å². The maximum Gasteiger partial charge on any atom is 0.263 e. The molecule has 0 saturated heterocycles. The van der Waals surface area contributed by atoms with E-state index in [0.29, 0.717) is 5.69 Å². The van der Waals surface area contributed by atoms with Crippen LogP contribution in [0.5, 0.6) is 0 Å². The number of aryl methyl sites for hydroxylation is 1. The second-order valence-corrected chi connectivity index (χ2v) is 7.21. The maximum atomic E-state index is 12.3. The van der Waals surface area contributed by atoms with Gasteiger partial charge in [-0.05, 0) is 49.1 Å². The molecule has 1 N–H and O–H groups in total. The highest BCUT2D eigenvalue weighted by Crippen LogP contribution is 2.26. The fourth-order valence-electron chi connectivity index (χ4n) is 1.72. The number of nitrogens with one attached hydrogen (secondary N) is 1. The van der Waals surface area contributed by atoms with Gasteiger partial charge in [-0.3, -0.25) is 4.72 Å². The van der Waals surface area contributed by atoms with Gasteiger partial charge in [-0.2, -0.15) is 0 Å². The SMILES string of the molecule is CSc1cccc(NS(=O)(=O)c2ccc(C)cc2Cl)c1. The molecule has 0 atom stereocenters. The maximum absolute atomic E-state index is 12.3. The predicted molar refractivity (Wildman–Crippen MR) is 85.2 cm³/mol. The molecule has 0 amide bonds. The molecule has 2 rings (SSSR count). The molecule has 3 nitrogen and oxygen atoms in total. The Labute approximate surface area is 128 Å². The summed E-state index contributed by atoms with van der Waals surface area (Å²) >= 11 is 7.56. The average Bonchev–Trinajstić information content (AvgIpc) is 2.37. The molecule has 0 saturated carbocycles. The zero-order valence-corrected chi connectivity index (χ0v) is 13.4. The standard InChI is InChI=1S/C14H14ClNO2S2/c1-10-6-7-14(13(15)8-10)20(17,18)16-11-4-3-5-12(9-11)19-2/h3-9,16H,1-2H3. The summed E-state index contributed by atoms with van der Waals surface area (Å²) in [6.45, 7) is 1.86. The Morgan fingerprint density at radius 3 is 2.55 bits per heavy atom. The summed E-state index contributed by atoms with van der Waals surface area (Å²) in [5.74, 6) is 0. The van der Waals surface area contributed by atoms with E-state index in [1.807, 2.05) is 19.2 Å². The van der Waals surface area contributed by atoms with E-state index in [1.165, 1.54) is 6.07 Å². The third-order valence-electron chi connectivity index (χ3n) is 2.70. The van der Waals surface area contributed by atoms with Crippen LogP contribution in [0.15, 0.2) is 52.3 Å². The summed E-state index contributed by atoms with van der Waals surface area (Å²) < 4.78 is 27.2. The van der Waals surface area contributed by atoms with Crippen molar-refractivity contribution in [3.05, 3.63) is 53.1 Å². The van der Waals surface area contributed by atoms with Crippen molar-refractivity contribution < 1.29 is 8.42 Å². The van der Waals surface area contributed by atoms with Crippen molar-refractivity contribution in [2.24, 2.45) is 0 Å². The minimum atomic E-state index is -3.68. The van der Waals surface area contributed by atoms with Gasteiger partial charge in [0.25, 0.3) is 10.0 Å². The molecule has 2 aromatic rings. The van der Waals surface area contributed by atoms with Crippen LogP contribution >= 0.6 is 23.4 Å². The van der Waals surface area contributed by atoms with Gasteiger partial charge >= 0.3 is 0 Å². The first-order chi connectivity index (χ1) is 9.42. The van der Waals surface area contributed by atoms with E-state index in [4.69, 9.17) is 11.6 Å². The van der Waals surface area contributed by atoms with Crippen LogP contribution < -0.4 is 4.72 Å². The fourth-order valence-corrected chi connectivity index (χ4v) is 3.83. The number of sulfonamides is 1. The molecule has 20 heavy (non-hydrogen) atoms. The Morgan fingerprint density at radius 2 is 1.90 bits per heavy atom. The number of hydrogen-bond donors (Lipinski definition) is 1. The van der Waals surface area contributed by atoms with E-state index < -0.39 is 10.0 Å². The highest BCUT2D eigenvalue weighted by molar-refractivity contribution is 7.98. The third-order valence-corrected chi connectivity index (χ3v) is 5.29. The lowest BCUT2D eigenvalue weighted by atomic mass is 10.2. The number of hydrogen-bond acceptors (Lipinski definition) is 3. The van der Waals surface area contributed by atoms with Crippen molar-refractivity contribution in [3.8, 4) is 0 Å². The summed E-state index contributed by atoms with van der Waals surface area (Å²) in [5.41, 5.74) is 1.44. The van der Waals surface area contributed by atoms with E-state index in [2.05, 4.69) is 4.72 Å². The quantitative estimate of drug-likeness (QED) is 0.857. The molecule has 106 valence electrons. The zero-order valence-electron chi connectivity index (χ0n) is 11.1. The highest BCUT2D eigenvalue weighted by Gasteiger charge is 2.18. The lowest BCUT2D eigenvalue weighted by Gasteiger charge is -2.10. The molecule has 0 aliphatic carbocycles. The van der Waals surface area contributed by atoms with Crippen LogP contribution in [0.1, 0.15) is 5.56 Å². The van der Waals surface area contributed by atoms with Crippen LogP contribution in [0.25, 0.3) is 0 Å². The zero-order chi connectivity index (χ0) is 14.8. The smallest absolute Gasteiger partial charge is 0.263 e. The van der Waals surface area contributed by atoms with Gasteiger partial charge in [0.15, 0.2) is 0 Å². The number of halogens is 1. The Kier molecular flexibility index (Phi) is 4.62. The number of thioether (sulfide) groups is 1. The molecule has 0 aliphatic rings. The van der Waals surface area contributed by atoms with Gasteiger partial charge < -0.3 is 0 Å². The topological polar surface area (TPSA) is 46.2 Å². The normalized spacial score (nSPS) is 11.3. The molecular weight excluding hydrogens is 314 g/mol. The van der Waals surface area contributed by atoms with Crippen LogP contribution in [0.4, 0.5) is 5.69 Å². The first-order valence-corrected chi connectivity index (χ1v) is 8.94. The largest absolute Gasteiger partial charge is 0.280 e. The minimum absolute atomic E-state index is 0.0827. The predicted octanol–water partition coefficient (Wildman–Crippen LogP) is 4.17. The summed E-state index contributed by atoms with van der Waals surface area (Å²) in [6, 6.07) is 12.1. The van der Waals surface area contributed by atoms with Crippen molar-refractivity contribution in [1.82, 2.24) is 0 Å². The van der Waals surface area contributed by atoms with Crippen molar-refractivity contribution >= 4 is 39.1 Å². The van der Waals surface area contributed by atoms with E-state index in [-0.39, 0.29) is 9.92 Å². The van der Waals surface area contributed by atoms with Gasteiger partial charge in [0.1, 0.15) is 4.90 Å². The first-order valence-electron chi connectivity index (χ1n) is 5.85. The van der Waals surface area contributed by atoms with E-state index >= 15 is 0 Å². The lowest BCUT2D eigenvalue weighted by molar-refractivity contribution is 0.601. The van der Waals surface area contributed by atoms with E-state index in [1.54, 1.807) is 42.1 Å². The van der Waals surface area contributed by atoms with Crippen LogP contribution in [-0.4, -0.2) is 14.7 Å². The number of benzene rings is 2. The van der Waals surface area contributed by atoms with Crippen LogP contribution in [0.3, 0.4) is 0 Å². The van der Waals surface area contributed by atoms with Gasteiger partial charge in [-0.1, -0.05) is 23.7 Å². The van der Waals surface area contributed by atoms with E-state index in [0.717, 1.165) is 10.5 Å². The molecule has 0 unspecified atom stereocenters. The minimum Gasteiger partial charge on any atom is -0.280 e. The Morgan fingerprint density at radius 1 is 1.15 bits per heavy atom. The van der Waals surface area contributed by atoms with Gasteiger partial charge in [0.2, 0.25) is 0 Å². The van der Waals surface area contributed by atoms with Crippen molar-refractivity contribution in [2.45, 2.75) is 16.7 Å². The Bertz CT molecular complexity index is 730. The fraction of sp³-hybridized carbons (Fsp3) is 0.143. The van der Waals surface area contributed by atoms with Crippen LogP contribution in [-0.2, 0) is 10.0 Å². The van der Waals surface area contributed by atoms with Gasteiger partial charge in [0, 0.05) is 10.6 Å².